The van der Waals surface area contributed by atoms with Crippen LogP contribution in [-0.4, -0.2) is 54.6 Å². The number of pyridine rings is 1. The van der Waals surface area contributed by atoms with Gasteiger partial charge in [0.2, 0.25) is 0 Å². The third-order valence-corrected chi connectivity index (χ3v) is 6.85. The third-order valence-electron chi connectivity index (χ3n) is 6.85. The molecule has 0 unspecified atom stereocenters. The zero-order chi connectivity index (χ0) is 23.1. The lowest BCUT2D eigenvalue weighted by atomic mass is 9.98. The van der Waals surface area contributed by atoms with Crippen molar-refractivity contribution in [2.24, 2.45) is 5.73 Å². The van der Waals surface area contributed by atoms with E-state index < -0.39 is 0 Å². The number of nitrogens with two attached hydrogens (primary N) is 2. The maximum Gasteiger partial charge on any atom is 0.108 e. The molecule has 172 valence electrons. The number of aromatic amines is 1. The normalized spacial score (nSPS) is 16.7. The second kappa shape index (κ2) is 8.48. The van der Waals surface area contributed by atoms with Crippen LogP contribution >= 0.6 is 0 Å². The van der Waals surface area contributed by atoms with Crippen molar-refractivity contribution in [3.8, 4) is 11.1 Å². The van der Waals surface area contributed by atoms with Gasteiger partial charge in [-0.25, -0.2) is 0 Å². The minimum Gasteiger partial charge on any atom is -0.398 e. The lowest BCUT2D eigenvalue weighted by Gasteiger charge is -2.36. The summed E-state index contributed by atoms with van der Waals surface area (Å²) in [6.45, 7) is 9.57. The van der Waals surface area contributed by atoms with Gasteiger partial charge in [-0.05, 0) is 61.9 Å². The highest BCUT2D eigenvalue weighted by Crippen LogP contribution is 2.34. The second-order valence-electron chi connectivity index (χ2n) is 9.27. The molecule has 3 aromatic rings. The molecule has 0 radical (unpaired) electrons. The Morgan fingerprint density at radius 1 is 1.09 bits per heavy atom. The molecule has 7 heteroatoms. The summed E-state index contributed by atoms with van der Waals surface area (Å²) in [4.78, 5) is 12.7. The molecule has 0 aliphatic carbocycles. The maximum absolute atomic E-state index is 6.62. The van der Waals surface area contributed by atoms with Gasteiger partial charge in [0.15, 0.2) is 0 Å². The second-order valence-corrected chi connectivity index (χ2v) is 9.27. The highest BCUT2D eigenvalue weighted by atomic mass is 15.2. The Morgan fingerprint density at radius 2 is 1.82 bits per heavy atom. The quantitative estimate of drug-likeness (QED) is 0.493. The molecule has 0 bridgehead atoms. The first-order chi connectivity index (χ1) is 15.9. The van der Waals surface area contributed by atoms with Crippen LogP contribution in [0.1, 0.15) is 27.9 Å². The Balaban J connectivity index is 1.47. The van der Waals surface area contributed by atoms with E-state index in [-0.39, 0.29) is 0 Å². The maximum atomic E-state index is 6.62. The first-order valence-corrected chi connectivity index (χ1v) is 11.6. The fourth-order valence-corrected chi connectivity index (χ4v) is 5.04. The summed E-state index contributed by atoms with van der Waals surface area (Å²) < 4.78 is 0. The number of nitrogen functional groups attached to an aromatic ring is 1. The van der Waals surface area contributed by atoms with E-state index in [0.717, 1.165) is 72.8 Å². The van der Waals surface area contributed by atoms with Crippen molar-refractivity contribution in [1.82, 2.24) is 14.9 Å². The van der Waals surface area contributed by atoms with Crippen LogP contribution in [0.3, 0.4) is 0 Å². The molecule has 2 aliphatic rings. The Bertz CT molecular complexity index is 1190. The van der Waals surface area contributed by atoms with Gasteiger partial charge in [0, 0.05) is 79.6 Å². The summed E-state index contributed by atoms with van der Waals surface area (Å²) in [5, 5.41) is 3.40. The molecular weight excluding hydrogens is 410 g/mol. The number of nitrogens with zero attached hydrogens (tertiary/aromatic N) is 3. The number of aromatic nitrogens is 2. The number of piperazine rings is 1. The number of hydrogen-bond acceptors (Lipinski definition) is 6. The largest absolute Gasteiger partial charge is 0.398 e. The van der Waals surface area contributed by atoms with Gasteiger partial charge in [0.1, 0.15) is 5.82 Å². The summed E-state index contributed by atoms with van der Waals surface area (Å²) >= 11 is 0. The lowest BCUT2D eigenvalue weighted by molar-refractivity contribution is 0.312. The van der Waals surface area contributed by atoms with Crippen molar-refractivity contribution in [3.63, 3.8) is 0 Å². The topological polar surface area (TPSA) is 99.2 Å². The van der Waals surface area contributed by atoms with Crippen LogP contribution in [0.2, 0.25) is 0 Å². The summed E-state index contributed by atoms with van der Waals surface area (Å²) in [6.07, 6.45) is 6.79. The number of nitrogens with one attached hydrogen (secondary N) is 2. The molecule has 0 spiro atoms. The number of aryl methyl sites for hydroxylation is 2. The Labute approximate surface area is 195 Å². The molecule has 1 aromatic carbocycles. The molecule has 0 amide bonds. The zero-order valence-corrected chi connectivity index (χ0v) is 19.7. The van der Waals surface area contributed by atoms with Crippen molar-refractivity contribution in [2.45, 2.75) is 20.3 Å². The van der Waals surface area contributed by atoms with Gasteiger partial charge in [-0.1, -0.05) is 0 Å². The molecule has 1 fully saturated rings. The van der Waals surface area contributed by atoms with E-state index in [1.807, 2.05) is 18.5 Å². The highest BCUT2D eigenvalue weighted by molar-refractivity contribution is 5.91. The van der Waals surface area contributed by atoms with E-state index in [1.54, 1.807) is 0 Å². The molecule has 33 heavy (non-hydrogen) atoms. The van der Waals surface area contributed by atoms with Crippen molar-refractivity contribution < 1.29 is 0 Å². The molecule has 6 N–H and O–H groups in total. The number of likely N-dealkylation sites (N-methyl/N-ethyl adjacent to an activating group) is 1. The number of H-pyrrole nitrogens is 1. The molecule has 1 saturated heterocycles. The number of rotatable bonds is 4. The molecular formula is C26H33N7. The molecule has 5 rings (SSSR count). The Kier molecular flexibility index (Phi) is 5.50. The number of fused-ring (bicyclic) bond motifs is 1. The zero-order valence-electron chi connectivity index (χ0n) is 19.7. The molecule has 0 atom stereocenters. The van der Waals surface area contributed by atoms with E-state index in [2.05, 4.69) is 64.2 Å². The fraction of sp³-hybridized carbons (Fsp3) is 0.346. The average Bonchev–Trinajstić information content (AvgIpc) is 3.40. The van der Waals surface area contributed by atoms with Gasteiger partial charge in [-0.2, -0.15) is 0 Å². The Hall–Kier alpha value is -3.45. The minimum absolute atomic E-state index is 0.601. The molecule has 4 heterocycles. The summed E-state index contributed by atoms with van der Waals surface area (Å²) in [5.41, 5.74) is 23.6. The summed E-state index contributed by atoms with van der Waals surface area (Å²) in [6, 6.07) is 6.52. The van der Waals surface area contributed by atoms with Gasteiger partial charge in [0.25, 0.3) is 0 Å². The summed E-state index contributed by atoms with van der Waals surface area (Å²) in [5.74, 6) is 0.601. The minimum atomic E-state index is 0.601. The van der Waals surface area contributed by atoms with Crippen LogP contribution in [0, 0.1) is 13.8 Å². The van der Waals surface area contributed by atoms with Gasteiger partial charge >= 0.3 is 0 Å². The standard InChI is InChI=1S/C26H33N7/c1-16-10-18(11-17(2)25(16)33-8-6-32(3)7-9-33)22(27)13-20-21(15-31-26(20)28)19-12-24-23(30-14-19)4-5-29-24/h10-15,29,31H,4-9,27-28H2,1-3H3/b22-13-. The van der Waals surface area contributed by atoms with Crippen LogP contribution in [-0.2, 0) is 6.42 Å². The van der Waals surface area contributed by atoms with Crippen LogP contribution in [0.15, 0.2) is 30.6 Å². The number of hydrogen-bond donors (Lipinski definition) is 4. The average molecular weight is 444 g/mol. The molecule has 2 aromatic heterocycles. The number of benzene rings is 1. The SMILES string of the molecule is Cc1cc(/C(N)=C/c2c(-c3cnc4c(c3)NCC4)c[nH]c2N)cc(C)c1N1CCN(C)CC1. The van der Waals surface area contributed by atoms with E-state index in [1.165, 1.54) is 16.8 Å². The van der Waals surface area contributed by atoms with E-state index in [9.17, 15) is 0 Å². The van der Waals surface area contributed by atoms with Crippen LogP contribution in [0.4, 0.5) is 17.2 Å². The third kappa shape index (κ3) is 4.04. The first-order valence-electron chi connectivity index (χ1n) is 11.6. The number of anilines is 3. The van der Waals surface area contributed by atoms with Crippen molar-refractivity contribution in [2.75, 3.05) is 55.7 Å². The van der Waals surface area contributed by atoms with E-state index >= 15 is 0 Å². The predicted molar refractivity (Wildman–Crippen MR) is 138 cm³/mol. The van der Waals surface area contributed by atoms with Crippen LogP contribution < -0.4 is 21.7 Å². The molecule has 0 saturated carbocycles. The van der Waals surface area contributed by atoms with Crippen molar-refractivity contribution in [1.29, 1.82) is 0 Å². The lowest BCUT2D eigenvalue weighted by Crippen LogP contribution is -2.45. The van der Waals surface area contributed by atoms with E-state index in [4.69, 9.17) is 11.5 Å². The summed E-state index contributed by atoms with van der Waals surface area (Å²) in [7, 11) is 2.18. The van der Waals surface area contributed by atoms with Crippen LogP contribution in [0.25, 0.3) is 22.9 Å². The highest BCUT2D eigenvalue weighted by Gasteiger charge is 2.19. The van der Waals surface area contributed by atoms with Gasteiger partial charge < -0.3 is 31.6 Å². The smallest absolute Gasteiger partial charge is 0.108 e. The van der Waals surface area contributed by atoms with Gasteiger partial charge in [-0.15, -0.1) is 0 Å². The molecule has 2 aliphatic heterocycles. The van der Waals surface area contributed by atoms with Gasteiger partial charge in [-0.3, -0.25) is 4.98 Å². The van der Waals surface area contributed by atoms with Crippen LogP contribution in [0.5, 0.6) is 0 Å². The first kappa shape index (κ1) is 21.4. The van der Waals surface area contributed by atoms with E-state index in [0.29, 0.717) is 11.5 Å². The van der Waals surface area contributed by atoms with Crippen molar-refractivity contribution >= 4 is 29.0 Å². The monoisotopic (exact) mass is 443 g/mol. The molecule has 7 nitrogen and oxygen atoms in total. The van der Waals surface area contributed by atoms with Gasteiger partial charge in [0.05, 0.1) is 11.4 Å². The Morgan fingerprint density at radius 3 is 2.55 bits per heavy atom. The predicted octanol–water partition coefficient (Wildman–Crippen LogP) is 3.45. The fourth-order valence-electron chi connectivity index (χ4n) is 5.04. The van der Waals surface area contributed by atoms with Crippen molar-refractivity contribution in [3.05, 3.63) is 58.5 Å².